The van der Waals surface area contributed by atoms with Gasteiger partial charge in [-0.1, -0.05) is 134 Å². The highest BCUT2D eigenvalue weighted by Gasteiger charge is 2.60. The second kappa shape index (κ2) is 24.1. The first kappa shape index (κ1) is 43.1. The van der Waals surface area contributed by atoms with Crippen molar-refractivity contribution in [2.24, 2.45) is 46.3 Å². The van der Waals surface area contributed by atoms with Crippen LogP contribution in [0.1, 0.15) is 155 Å². The summed E-state index contributed by atoms with van der Waals surface area (Å²) in [6.45, 7) is 42.2. The van der Waals surface area contributed by atoms with Gasteiger partial charge in [0.1, 0.15) is 0 Å². The van der Waals surface area contributed by atoms with E-state index in [1.165, 1.54) is 63.4 Å². The molecule has 5 atom stereocenters. The summed E-state index contributed by atoms with van der Waals surface area (Å²) in [5, 5.41) is 0. The van der Waals surface area contributed by atoms with Crippen molar-refractivity contribution in [3.63, 3.8) is 0 Å². The predicted octanol–water partition coefficient (Wildman–Crippen LogP) is 13.0. The van der Waals surface area contributed by atoms with E-state index < -0.39 is 0 Å². The van der Waals surface area contributed by atoms with Crippen LogP contribution in [0.15, 0.2) is 25.3 Å². The molecule has 2 aliphatic carbocycles. The molecule has 222 valence electrons. The summed E-state index contributed by atoms with van der Waals surface area (Å²) < 4.78 is 0. The first-order valence-electron chi connectivity index (χ1n) is 16.0. The van der Waals surface area contributed by atoms with Crippen molar-refractivity contribution < 1.29 is 0 Å². The second-order valence-electron chi connectivity index (χ2n) is 11.8. The molecule has 0 aromatic heterocycles. The lowest BCUT2D eigenvalue weighted by Crippen LogP contribution is -2.30. The van der Waals surface area contributed by atoms with Crippen LogP contribution in [0.4, 0.5) is 0 Å². The van der Waals surface area contributed by atoms with Gasteiger partial charge < -0.3 is 0 Å². The van der Waals surface area contributed by atoms with Gasteiger partial charge in [0.2, 0.25) is 0 Å². The van der Waals surface area contributed by atoms with E-state index >= 15 is 0 Å². The summed E-state index contributed by atoms with van der Waals surface area (Å²) in [6, 6.07) is 0. The van der Waals surface area contributed by atoms with Crippen molar-refractivity contribution in [3.8, 4) is 12.8 Å². The third-order valence-electron chi connectivity index (χ3n) is 8.79. The lowest BCUT2D eigenvalue weighted by atomic mass is 9.66. The number of allylic oxidation sites excluding steroid dienone is 1. The maximum atomic E-state index is 4.56. The van der Waals surface area contributed by atoms with Gasteiger partial charge in [0.15, 0.2) is 0 Å². The summed E-state index contributed by atoms with van der Waals surface area (Å²) >= 11 is 0. The molecule has 0 saturated heterocycles. The third kappa shape index (κ3) is 14.1. The van der Waals surface area contributed by atoms with Crippen LogP contribution in [-0.2, 0) is 0 Å². The van der Waals surface area contributed by atoms with Gasteiger partial charge >= 0.3 is 0 Å². The maximum absolute atomic E-state index is 4.56. The Bertz CT molecular complexity index is 522. The van der Waals surface area contributed by atoms with Crippen LogP contribution in [0.25, 0.3) is 0 Å². The predicted molar refractivity (Wildman–Crippen MR) is 177 cm³/mol. The zero-order valence-electron chi connectivity index (χ0n) is 28.6. The monoisotopic (exact) mass is 519 g/mol. The fourth-order valence-electron chi connectivity index (χ4n) is 7.25. The Hall–Kier alpha value is -0.960. The molecule has 0 N–H and O–H groups in total. The molecule has 2 aliphatic rings. The first-order chi connectivity index (χ1) is 17.6. The second-order valence-corrected chi connectivity index (χ2v) is 11.8. The minimum Gasteiger partial charge on any atom is -0.124 e. The van der Waals surface area contributed by atoms with E-state index in [0.717, 1.165) is 35.5 Å². The van der Waals surface area contributed by atoms with E-state index in [1.807, 2.05) is 41.5 Å². The molecule has 0 aromatic carbocycles. The standard InChI is InChI=1S/C27H50.3C2H6.C2H4.C2H2/c1-10-21(26(5,6)7)17-18-22(25-23(11-2)27(25,8)9)24(19(3)4)20-15-13-12-14-16-20;5*1-2/h20-25H,3,10-18H2,1-2,4-9H3;3*1-2H3;1-2H2;1-2H. The van der Waals surface area contributed by atoms with Crippen molar-refractivity contribution in [1.29, 1.82) is 0 Å². The highest BCUT2D eigenvalue weighted by molar-refractivity contribution is 5.13. The molecule has 0 amide bonds. The Morgan fingerprint density at radius 1 is 0.865 bits per heavy atom. The fourth-order valence-corrected chi connectivity index (χ4v) is 7.25. The molecule has 37 heavy (non-hydrogen) atoms. The highest BCUT2D eigenvalue weighted by atomic mass is 14.6. The quantitative estimate of drug-likeness (QED) is 0.210. The van der Waals surface area contributed by atoms with Crippen molar-refractivity contribution in [2.45, 2.75) is 155 Å². The van der Waals surface area contributed by atoms with Crippen molar-refractivity contribution >= 4 is 0 Å². The molecular formula is C37H74. The normalized spacial score (nSPS) is 21.9. The molecule has 2 saturated carbocycles. The molecule has 2 rings (SSSR count). The van der Waals surface area contributed by atoms with Gasteiger partial charge in [0.25, 0.3) is 0 Å². The minimum atomic E-state index is 0.437. The van der Waals surface area contributed by atoms with Crippen LogP contribution in [0.3, 0.4) is 0 Å². The Labute approximate surface area is 239 Å². The summed E-state index contributed by atoms with van der Waals surface area (Å²) in [5.41, 5.74) is 2.48. The van der Waals surface area contributed by atoms with Gasteiger partial charge in [-0.05, 0) is 78.9 Å². The van der Waals surface area contributed by atoms with Crippen LogP contribution in [0.2, 0.25) is 0 Å². The first-order valence-corrected chi connectivity index (χ1v) is 16.0. The highest BCUT2D eigenvalue weighted by Crippen LogP contribution is 2.66. The number of hydrogen-bond donors (Lipinski definition) is 0. The van der Waals surface area contributed by atoms with Crippen LogP contribution in [0, 0.1) is 59.2 Å². The van der Waals surface area contributed by atoms with E-state index in [0.29, 0.717) is 10.8 Å². The number of rotatable bonds is 9. The van der Waals surface area contributed by atoms with Gasteiger partial charge in [-0.2, -0.15) is 0 Å². The number of terminal acetylenes is 1. The molecule has 0 aromatic rings. The Morgan fingerprint density at radius 2 is 1.30 bits per heavy atom. The average molecular weight is 519 g/mol. The Balaban J connectivity index is -0.000000486. The van der Waals surface area contributed by atoms with Gasteiger partial charge in [0.05, 0.1) is 0 Å². The Morgan fingerprint density at radius 3 is 1.59 bits per heavy atom. The molecule has 5 unspecified atom stereocenters. The summed E-state index contributed by atoms with van der Waals surface area (Å²) in [5.74, 6) is 5.24. The topological polar surface area (TPSA) is 0 Å². The lowest BCUT2D eigenvalue weighted by molar-refractivity contribution is 0.140. The van der Waals surface area contributed by atoms with Gasteiger partial charge in [-0.3, -0.25) is 0 Å². The molecular weight excluding hydrogens is 444 g/mol. The average Bonchev–Trinajstić information content (AvgIpc) is 3.48. The molecule has 0 heterocycles. The van der Waals surface area contributed by atoms with Gasteiger partial charge in [-0.25, -0.2) is 0 Å². The van der Waals surface area contributed by atoms with E-state index in [1.54, 1.807) is 0 Å². The van der Waals surface area contributed by atoms with Crippen molar-refractivity contribution in [1.82, 2.24) is 0 Å². The Kier molecular flexibility index (Phi) is 28.1. The zero-order chi connectivity index (χ0) is 30.4. The van der Waals surface area contributed by atoms with E-state index in [4.69, 9.17) is 0 Å². The molecule has 0 aliphatic heterocycles. The van der Waals surface area contributed by atoms with Gasteiger partial charge in [-0.15, -0.1) is 26.0 Å². The summed E-state index contributed by atoms with van der Waals surface area (Å²) in [6.07, 6.45) is 20.8. The van der Waals surface area contributed by atoms with Crippen LogP contribution in [0.5, 0.6) is 0 Å². The van der Waals surface area contributed by atoms with Crippen molar-refractivity contribution in [3.05, 3.63) is 25.3 Å². The summed E-state index contributed by atoms with van der Waals surface area (Å²) in [7, 11) is 0. The third-order valence-corrected chi connectivity index (χ3v) is 8.79. The van der Waals surface area contributed by atoms with Crippen molar-refractivity contribution in [2.75, 3.05) is 0 Å². The van der Waals surface area contributed by atoms with Crippen LogP contribution >= 0.6 is 0 Å². The maximum Gasteiger partial charge on any atom is -0.0149 e. The molecule has 0 bridgehead atoms. The van der Waals surface area contributed by atoms with Crippen LogP contribution < -0.4 is 0 Å². The summed E-state index contributed by atoms with van der Waals surface area (Å²) in [4.78, 5) is 0. The molecule has 2 fully saturated rings. The van der Waals surface area contributed by atoms with E-state index in [2.05, 4.69) is 88.0 Å². The smallest absolute Gasteiger partial charge is 0.0149 e. The molecule has 0 heteroatoms. The molecule has 0 spiro atoms. The fraction of sp³-hybridized carbons (Fsp3) is 0.838. The molecule has 0 nitrogen and oxygen atoms in total. The zero-order valence-corrected chi connectivity index (χ0v) is 28.6. The molecule has 0 radical (unpaired) electrons. The van der Waals surface area contributed by atoms with E-state index in [9.17, 15) is 0 Å². The van der Waals surface area contributed by atoms with Crippen LogP contribution in [-0.4, -0.2) is 0 Å². The largest absolute Gasteiger partial charge is 0.124 e. The SMILES string of the molecule is C#C.C=C.C=C(C)C(C1CCCCC1)C(CCC(CC)C(C)(C)C)C1C(CC)C1(C)C.CC.CC.CC. The lowest BCUT2D eigenvalue weighted by Gasteiger charge is -2.39. The number of hydrogen-bond acceptors (Lipinski definition) is 0. The minimum absolute atomic E-state index is 0.437. The van der Waals surface area contributed by atoms with Gasteiger partial charge in [0, 0.05) is 0 Å². The van der Waals surface area contributed by atoms with E-state index in [-0.39, 0.29) is 0 Å².